The van der Waals surface area contributed by atoms with E-state index in [-0.39, 0.29) is 106 Å². The summed E-state index contributed by atoms with van der Waals surface area (Å²) in [6.07, 6.45) is 4.04. The fourth-order valence-corrected chi connectivity index (χ4v) is 19.0. The third-order valence-corrected chi connectivity index (χ3v) is 26.8. The molecule has 3 aromatic heterocycles. The van der Waals surface area contributed by atoms with Gasteiger partial charge < -0.3 is 82.2 Å². The van der Waals surface area contributed by atoms with Crippen LogP contribution < -0.4 is 38.0 Å². The van der Waals surface area contributed by atoms with E-state index in [4.69, 9.17) is 92.4 Å². The van der Waals surface area contributed by atoms with Gasteiger partial charge in [-0.2, -0.15) is 9.97 Å². The third kappa shape index (κ3) is 31.8. The number of unbranched alkanes of at least 4 members (excludes halogenated alkanes) is 15. The van der Waals surface area contributed by atoms with Gasteiger partial charge in [0.25, 0.3) is 23.3 Å². The Balaban J connectivity index is 0.895. The second kappa shape index (κ2) is 55.8. The fourth-order valence-electron chi connectivity index (χ4n) is 16.3. The first kappa shape index (κ1) is 109. The van der Waals surface area contributed by atoms with Crippen LogP contribution in [0.3, 0.4) is 0 Å². The Labute approximate surface area is 798 Å². The fraction of sp³-hybridized carbons (Fsp3) is 0.611. The van der Waals surface area contributed by atoms with Crippen molar-refractivity contribution in [3.8, 4) is 5.75 Å². The number of piperazine rings is 1. The first-order valence-corrected chi connectivity index (χ1v) is 50.0. The number of aryl methyl sites for hydroxylation is 4. The van der Waals surface area contributed by atoms with Crippen LogP contribution in [0.2, 0.25) is 0 Å². The monoisotopic (exact) mass is 1950 g/mol. The van der Waals surface area contributed by atoms with Gasteiger partial charge in [-0.15, -0.1) is 0 Å². The van der Waals surface area contributed by atoms with E-state index in [1.165, 1.54) is 142 Å². The molecule has 4 aliphatic rings. The van der Waals surface area contributed by atoms with Crippen molar-refractivity contribution in [2.24, 2.45) is 0 Å². The minimum absolute atomic E-state index is 0.0146. The molecule has 4 fully saturated rings. The number of amides is 4. The molecule has 0 aliphatic carbocycles. The van der Waals surface area contributed by atoms with Crippen molar-refractivity contribution in [1.82, 2.24) is 38.5 Å². The van der Waals surface area contributed by atoms with Crippen LogP contribution in [0.5, 0.6) is 5.75 Å². The molecule has 5 unspecified atom stereocenters. The molecule has 0 bridgehead atoms. The SMILES string of the molecule is [C-]#[N+]CCOP(=O)(OC[C@H]1O[C@@H](n2cc(C)c(NC(=O)c3ccccc3)nc2=O)C(OCCOC)[C@H]1OP(=O)(OCC[N+]#[C-])OC[C@H]1O[C@@H](n2cc(C)c(=O)[nH]c2=O)C(OCCOC)[C@H]1OC(=O)CCC(=O)N1CCN(C(=O)c2cc(C)c(C)c(OCCCCCCCCCCCCCCCCCC)c2)CC1)O[C@@H]1C(OCCOC)[C@H](n2cc(C)c(NC(=O)c3ccccc3)nc2=O)O[C@@H]1CC. The lowest BCUT2D eigenvalue weighted by Gasteiger charge is -2.35. The molecule has 10 rings (SSSR count). The second-order valence-electron chi connectivity index (χ2n) is 33.9. The van der Waals surface area contributed by atoms with E-state index < -0.39 is 188 Å². The number of anilines is 2. The predicted octanol–water partition coefficient (Wildman–Crippen LogP) is 12.5. The largest absolute Gasteiger partial charge is 0.493 e. The van der Waals surface area contributed by atoms with Gasteiger partial charge in [0.1, 0.15) is 73.3 Å². The highest BCUT2D eigenvalue weighted by Crippen LogP contribution is 2.57. The smallest absolute Gasteiger partial charge is 0.475 e. The molecule has 42 heteroatoms. The molecule has 14 atom stereocenters. The zero-order valence-corrected chi connectivity index (χ0v) is 81.7. The molecule has 0 spiro atoms. The molecule has 3 N–H and O–H groups in total. The summed E-state index contributed by atoms with van der Waals surface area (Å²) in [4.78, 5) is 147. The standard InChI is InChI=1S/C95H132N12O28P2/c1-13-15-16-17-18-19-20-21-22-23-24-25-26-27-28-35-48-122-73-58-71(57-64(3)68(73)7)89(113)104-46-44-103(45-47-104)76(108)40-41-77(109)133-78-74(131-90(81(78)123-54-51-119-10)107-61-67(6)86(110)102-95(107)116)62-128-137(118,127-50-43-97-9)135-80-75(132-92(83(80)125-56-53-121-12)106-60-66(5)85(101-94(106)115)99-88(112)70-38-33-30-34-39-70)63-129-136(117,126-49-42-96-8)134-79-72(14-2)130-91(82(79)124-55-52-120-11)105-59-65(4)84(100-93(105)114)98-87(111)69-36-31-29-32-37-69/h29-34,36-39,57-61,72,74-75,78-83,90-92H,13-28,35,40-56,62-63H2,1-7,10-12H3,(H,102,110,116)(H,98,100,111,114)(H,99,101,112,115)/t72-,74-,75-,78+,79+,80+,81?,82?,83?,90-,91-,92-,136?,137?/m1/s1. The molecule has 137 heavy (non-hydrogen) atoms. The van der Waals surface area contributed by atoms with E-state index in [0.717, 1.165) is 44.1 Å². The van der Waals surface area contributed by atoms with Crippen molar-refractivity contribution in [3.63, 3.8) is 0 Å². The highest BCUT2D eigenvalue weighted by Gasteiger charge is 2.57. The van der Waals surface area contributed by atoms with Crippen LogP contribution in [-0.2, 0) is 93.2 Å². The van der Waals surface area contributed by atoms with Gasteiger partial charge in [0.05, 0.1) is 72.0 Å². The van der Waals surface area contributed by atoms with E-state index in [1.54, 1.807) is 85.5 Å². The Morgan fingerprint density at radius 3 is 1.36 bits per heavy atom. The van der Waals surface area contributed by atoms with E-state index >= 15 is 9.13 Å². The van der Waals surface area contributed by atoms with E-state index in [9.17, 15) is 43.2 Å². The van der Waals surface area contributed by atoms with Gasteiger partial charge in [-0.25, -0.2) is 36.7 Å². The van der Waals surface area contributed by atoms with Gasteiger partial charge in [0.2, 0.25) is 19.0 Å². The lowest BCUT2D eigenvalue weighted by Crippen LogP contribution is -2.50. The molecule has 6 aromatic rings. The van der Waals surface area contributed by atoms with Crippen molar-refractivity contribution < 1.29 is 112 Å². The van der Waals surface area contributed by atoms with Crippen LogP contribution in [0.4, 0.5) is 11.6 Å². The van der Waals surface area contributed by atoms with Gasteiger partial charge in [-0.1, -0.05) is 147 Å². The number of phosphoric ester groups is 2. The summed E-state index contributed by atoms with van der Waals surface area (Å²) in [5, 5.41) is 5.33. The number of hydrogen-bond donors (Lipinski definition) is 3. The average molecular weight is 1950 g/mol. The number of aromatic amines is 1. The quantitative estimate of drug-likeness (QED) is 0.0138. The summed E-state index contributed by atoms with van der Waals surface area (Å²) in [5.41, 5.74) is -0.401. The highest BCUT2D eigenvalue weighted by molar-refractivity contribution is 7.48. The summed E-state index contributed by atoms with van der Waals surface area (Å²) < 4.78 is 141. The summed E-state index contributed by atoms with van der Waals surface area (Å²) in [6, 6.07) is 19.9. The number of carbonyl (C=O) groups is 5. The number of ether oxygens (including phenoxy) is 11. The molecule has 4 amide bonds. The number of phosphoric acid groups is 2. The Morgan fingerprint density at radius 1 is 0.474 bits per heavy atom. The van der Waals surface area contributed by atoms with E-state index in [1.807, 2.05) is 19.9 Å². The van der Waals surface area contributed by atoms with Gasteiger partial charge in [0.15, 0.2) is 24.8 Å². The number of benzene rings is 3. The molecular weight excluding hydrogens is 1820 g/mol. The number of nitrogens with zero attached hydrogens (tertiary/aromatic N) is 9. The number of aromatic nitrogens is 6. The molecule has 7 heterocycles. The summed E-state index contributed by atoms with van der Waals surface area (Å²) in [5.74, 6) is -2.42. The summed E-state index contributed by atoms with van der Waals surface area (Å²) >= 11 is 0. The maximum Gasteiger partial charge on any atom is 0.475 e. The first-order chi connectivity index (χ1) is 66.2. The molecule has 0 saturated carbocycles. The summed E-state index contributed by atoms with van der Waals surface area (Å²) in [7, 11) is -6.55. The topological polar surface area (TPSA) is 440 Å². The van der Waals surface area contributed by atoms with Gasteiger partial charge in [-0.3, -0.25) is 74.6 Å². The number of carbonyl (C=O) groups excluding carboxylic acids is 5. The molecule has 750 valence electrons. The zero-order chi connectivity index (χ0) is 98.4. The minimum Gasteiger partial charge on any atom is -0.493 e. The Hall–Kier alpha value is -9.91. The number of methoxy groups -OCH3 is 3. The highest BCUT2D eigenvalue weighted by atomic mass is 31.2. The van der Waals surface area contributed by atoms with Gasteiger partial charge >= 0.3 is 38.7 Å². The van der Waals surface area contributed by atoms with Crippen LogP contribution in [-0.4, -0.2) is 256 Å². The van der Waals surface area contributed by atoms with Crippen molar-refractivity contribution in [2.75, 3.05) is 144 Å². The Morgan fingerprint density at radius 2 is 0.898 bits per heavy atom. The van der Waals surface area contributed by atoms with Crippen LogP contribution in [0.15, 0.2) is 111 Å². The van der Waals surface area contributed by atoms with E-state index in [0.29, 0.717) is 29.0 Å². The van der Waals surface area contributed by atoms with Crippen LogP contribution in [0.25, 0.3) is 9.69 Å². The van der Waals surface area contributed by atoms with Crippen molar-refractivity contribution in [3.05, 3.63) is 201 Å². The number of esters is 1. The lowest BCUT2D eigenvalue weighted by molar-refractivity contribution is -0.160. The number of hydrogen-bond acceptors (Lipinski definition) is 30. The van der Waals surface area contributed by atoms with Crippen LogP contribution in [0, 0.1) is 47.8 Å². The van der Waals surface area contributed by atoms with Crippen LogP contribution >= 0.6 is 15.6 Å². The van der Waals surface area contributed by atoms with Gasteiger partial charge in [0, 0.05) is 106 Å². The first-order valence-electron chi connectivity index (χ1n) is 47.0. The zero-order valence-electron chi connectivity index (χ0n) is 79.9. The maximum atomic E-state index is 16.3. The molecule has 3 aromatic carbocycles. The Bertz CT molecular complexity index is 5340. The molecule has 40 nitrogen and oxygen atoms in total. The van der Waals surface area contributed by atoms with Gasteiger partial charge in [-0.05, 0) is 95.0 Å². The third-order valence-electron chi connectivity index (χ3n) is 23.9. The Kier molecular flexibility index (Phi) is 44.4. The number of H-pyrrole nitrogens is 1. The van der Waals surface area contributed by atoms with E-state index in [2.05, 4.69) is 42.2 Å². The molecule has 0 radical (unpaired) electrons. The maximum absolute atomic E-state index is 16.3. The molecular formula is C95H132N12O28P2. The summed E-state index contributed by atoms with van der Waals surface area (Å²) in [6.45, 7) is 23.8. The van der Waals surface area contributed by atoms with Crippen molar-refractivity contribution >= 4 is 56.9 Å². The molecule has 4 aliphatic heterocycles. The molecule has 4 saturated heterocycles. The second-order valence-corrected chi connectivity index (χ2v) is 37.1. The average Bonchev–Trinajstić information content (AvgIpc) is 1.60. The van der Waals surface area contributed by atoms with Crippen molar-refractivity contribution in [1.29, 1.82) is 0 Å². The van der Waals surface area contributed by atoms with Crippen LogP contribution in [0.1, 0.15) is 213 Å². The normalized spacial score (nSPS) is 21.2. The van der Waals surface area contributed by atoms with Crippen molar-refractivity contribution in [2.45, 2.75) is 244 Å². The predicted molar refractivity (Wildman–Crippen MR) is 502 cm³/mol. The lowest BCUT2D eigenvalue weighted by atomic mass is 10.0. The number of nitrogens with one attached hydrogen (secondary N) is 3. The minimum atomic E-state index is -5.46. The number of rotatable bonds is 59.